The molecule has 0 radical (unpaired) electrons. The molecule has 0 N–H and O–H groups in total. The zero-order chi connectivity index (χ0) is 15.1. The highest BCUT2D eigenvalue weighted by Crippen LogP contribution is 2.09. The summed E-state index contributed by atoms with van der Waals surface area (Å²) in [7, 11) is 1.39. The monoisotopic (exact) mass is 289 g/mol. The molecule has 0 saturated heterocycles. The molecule has 0 bridgehead atoms. The van der Waals surface area contributed by atoms with E-state index in [0.29, 0.717) is 12.4 Å². The highest BCUT2D eigenvalue weighted by atomic mass is 16.5. The normalized spacial score (nSPS) is 10.8. The van der Waals surface area contributed by atoms with Crippen LogP contribution in [0, 0.1) is 0 Å². The standard InChI is InChI=1S/C14H19N5O2/c1-3-9-18(11-14(20)21-2)10-13-15-16-17-19(13)12-7-5-4-6-8-12/h4-8H,3,9-11H2,1-2H3. The van der Waals surface area contributed by atoms with Gasteiger partial charge in [0.15, 0.2) is 5.82 Å². The number of rotatable bonds is 7. The molecule has 1 aromatic carbocycles. The Bertz CT molecular complexity index is 570. The molecule has 21 heavy (non-hydrogen) atoms. The zero-order valence-corrected chi connectivity index (χ0v) is 12.3. The number of aromatic nitrogens is 4. The number of methoxy groups -OCH3 is 1. The van der Waals surface area contributed by atoms with Gasteiger partial charge < -0.3 is 4.74 Å². The van der Waals surface area contributed by atoms with Crippen molar-refractivity contribution in [1.82, 2.24) is 25.1 Å². The largest absolute Gasteiger partial charge is 0.468 e. The molecule has 0 saturated carbocycles. The van der Waals surface area contributed by atoms with E-state index < -0.39 is 0 Å². The van der Waals surface area contributed by atoms with Crippen LogP contribution in [0.15, 0.2) is 30.3 Å². The third-order valence-corrected chi connectivity index (χ3v) is 3.02. The number of carbonyl (C=O) groups excluding carboxylic acids is 1. The van der Waals surface area contributed by atoms with Gasteiger partial charge in [-0.05, 0) is 35.5 Å². The molecule has 0 aliphatic rings. The van der Waals surface area contributed by atoms with Crippen molar-refractivity contribution >= 4 is 5.97 Å². The van der Waals surface area contributed by atoms with Gasteiger partial charge >= 0.3 is 5.97 Å². The van der Waals surface area contributed by atoms with Gasteiger partial charge in [0, 0.05) is 0 Å². The summed E-state index contributed by atoms with van der Waals surface area (Å²) in [6.45, 7) is 3.55. The zero-order valence-electron chi connectivity index (χ0n) is 12.3. The van der Waals surface area contributed by atoms with E-state index >= 15 is 0 Å². The summed E-state index contributed by atoms with van der Waals surface area (Å²) in [5, 5.41) is 11.8. The Labute approximate surface area is 123 Å². The first-order valence-corrected chi connectivity index (χ1v) is 6.86. The number of nitrogens with zero attached hydrogens (tertiary/aromatic N) is 5. The van der Waals surface area contributed by atoms with Gasteiger partial charge in [0.25, 0.3) is 0 Å². The molecule has 0 amide bonds. The third-order valence-electron chi connectivity index (χ3n) is 3.02. The number of hydrogen-bond donors (Lipinski definition) is 0. The summed E-state index contributed by atoms with van der Waals surface area (Å²) >= 11 is 0. The summed E-state index contributed by atoms with van der Waals surface area (Å²) < 4.78 is 6.40. The van der Waals surface area contributed by atoms with Crippen LogP contribution in [-0.4, -0.2) is 51.3 Å². The molecule has 2 rings (SSSR count). The molecule has 112 valence electrons. The molecule has 0 atom stereocenters. The summed E-state index contributed by atoms with van der Waals surface area (Å²) in [5.74, 6) is 0.431. The van der Waals surface area contributed by atoms with Gasteiger partial charge in [-0.3, -0.25) is 9.69 Å². The second-order valence-corrected chi connectivity index (χ2v) is 4.63. The lowest BCUT2D eigenvalue weighted by atomic mass is 10.3. The first kappa shape index (κ1) is 15.1. The maximum absolute atomic E-state index is 11.5. The molecule has 0 spiro atoms. The van der Waals surface area contributed by atoms with Crippen LogP contribution in [0.5, 0.6) is 0 Å². The Morgan fingerprint density at radius 3 is 2.76 bits per heavy atom. The van der Waals surface area contributed by atoms with Crippen LogP contribution in [0.25, 0.3) is 5.69 Å². The van der Waals surface area contributed by atoms with Crippen LogP contribution in [0.4, 0.5) is 0 Å². The van der Waals surface area contributed by atoms with Gasteiger partial charge in [-0.25, -0.2) is 0 Å². The van der Waals surface area contributed by atoms with Crippen LogP contribution in [0.2, 0.25) is 0 Å². The Morgan fingerprint density at radius 1 is 1.33 bits per heavy atom. The molecular formula is C14H19N5O2. The number of hydrogen-bond acceptors (Lipinski definition) is 6. The highest BCUT2D eigenvalue weighted by molar-refractivity contribution is 5.71. The first-order chi connectivity index (χ1) is 10.2. The van der Waals surface area contributed by atoms with Gasteiger partial charge in [-0.1, -0.05) is 25.1 Å². The molecule has 1 heterocycles. The average molecular weight is 289 g/mol. The SMILES string of the molecule is CCCN(CC(=O)OC)Cc1nnnn1-c1ccccc1. The van der Waals surface area contributed by atoms with E-state index in [9.17, 15) is 4.79 Å². The van der Waals surface area contributed by atoms with E-state index in [-0.39, 0.29) is 12.5 Å². The maximum atomic E-state index is 11.5. The first-order valence-electron chi connectivity index (χ1n) is 6.86. The fourth-order valence-corrected chi connectivity index (χ4v) is 2.05. The Kier molecular flexibility index (Phi) is 5.39. The summed E-state index contributed by atoms with van der Waals surface area (Å²) in [4.78, 5) is 13.4. The van der Waals surface area contributed by atoms with E-state index in [2.05, 4.69) is 22.4 Å². The second-order valence-electron chi connectivity index (χ2n) is 4.63. The summed E-state index contributed by atoms with van der Waals surface area (Å²) in [5.41, 5.74) is 0.895. The predicted molar refractivity (Wildman–Crippen MR) is 76.7 cm³/mol. The van der Waals surface area contributed by atoms with E-state index in [4.69, 9.17) is 4.74 Å². The van der Waals surface area contributed by atoms with Crippen LogP contribution < -0.4 is 0 Å². The van der Waals surface area contributed by atoms with Crippen molar-refractivity contribution in [2.45, 2.75) is 19.9 Å². The minimum Gasteiger partial charge on any atom is -0.468 e. The molecule has 0 aliphatic heterocycles. The van der Waals surface area contributed by atoms with Crippen molar-refractivity contribution in [3.05, 3.63) is 36.2 Å². The van der Waals surface area contributed by atoms with Crippen LogP contribution in [0.3, 0.4) is 0 Å². The minimum absolute atomic E-state index is 0.228. The van der Waals surface area contributed by atoms with Crippen molar-refractivity contribution in [2.24, 2.45) is 0 Å². The van der Waals surface area contributed by atoms with Crippen molar-refractivity contribution in [2.75, 3.05) is 20.2 Å². The fourth-order valence-electron chi connectivity index (χ4n) is 2.05. The third kappa shape index (κ3) is 4.09. The molecule has 1 aromatic heterocycles. The number of benzene rings is 1. The number of carbonyl (C=O) groups is 1. The van der Waals surface area contributed by atoms with Gasteiger partial charge in [-0.15, -0.1) is 5.10 Å². The average Bonchev–Trinajstić information content (AvgIpc) is 2.96. The van der Waals surface area contributed by atoms with E-state index in [1.54, 1.807) is 4.68 Å². The van der Waals surface area contributed by atoms with Crippen molar-refractivity contribution in [3.8, 4) is 5.69 Å². The van der Waals surface area contributed by atoms with Gasteiger partial charge in [-0.2, -0.15) is 4.68 Å². The lowest BCUT2D eigenvalue weighted by Crippen LogP contribution is -2.32. The summed E-state index contributed by atoms with van der Waals surface area (Å²) in [6.07, 6.45) is 0.934. The van der Waals surface area contributed by atoms with Crippen molar-refractivity contribution in [1.29, 1.82) is 0 Å². The number of ether oxygens (including phenoxy) is 1. The van der Waals surface area contributed by atoms with Gasteiger partial charge in [0.1, 0.15) is 0 Å². The Balaban J connectivity index is 2.14. The predicted octanol–water partition coefficient (Wildman–Crippen LogP) is 1.05. The molecular weight excluding hydrogens is 270 g/mol. The molecule has 2 aromatic rings. The lowest BCUT2D eigenvalue weighted by molar-refractivity contribution is -0.142. The van der Waals surface area contributed by atoms with Gasteiger partial charge in [0.2, 0.25) is 0 Å². The topological polar surface area (TPSA) is 73.1 Å². The Hall–Kier alpha value is -2.28. The summed E-state index contributed by atoms with van der Waals surface area (Å²) in [6, 6.07) is 9.67. The number of tetrazole rings is 1. The van der Waals surface area contributed by atoms with Crippen LogP contribution >= 0.6 is 0 Å². The molecule has 0 aliphatic carbocycles. The van der Waals surface area contributed by atoms with Crippen LogP contribution in [-0.2, 0) is 16.1 Å². The molecule has 7 heteroatoms. The maximum Gasteiger partial charge on any atom is 0.319 e. The van der Waals surface area contributed by atoms with E-state index in [0.717, 1.165) is 18.7 Å². The van der Waals surface area contributed by atoms with E-state index in [1.165, 1.54) is 7.11 Å². The van der Waals surface area contributed by atoms with Crippen molar-refractivity contribution < 1.29 is 9.53 Å². The van der Waals surface area contributed by atoms with Crippen molar-refractivity contribution in [3.63, 3.8) is 0 Å². The number of esters is 1. The lowest BCUT2D eigenvalue weighted by Gasteiger charge is -2.19. The Morgan fingerprint density at radius 2 is 2.10 bits per heavy atom. The second kappa shape index (κ2) is 7.49. The van der Waals surface area contributed by atoms with Crippen LogP contribution in [0.1, 0.15) is 19.2 Å². The van der Waals surface area contributed by atoms with Gasteiger partial charge in [0.05, 0.1) is 25.9 Å². The quantitative estimate of drug-likeness (QED) is 0.709. The smallest absolute Gasteiger partial charge is 0.319 e. The molecule has 0 unspecified atom stereocenters. The minimum atomic E-state index is -0.262. The molecule has 7 nitrogen and oxygen atoms in total. The van der Waals surface area contributed by atoms with E-state index in [1.807, 2.05) is 35.2 Å². The molecule has 0 fully saturated rings. The number of para-hydroxylation sites is 1. The highest BCUT2D eigenvalue weighted by Gasteiger charge is 2.15. The fraction of sp³-hybridized carbons (Fsp3) is 0.429.